The van der Waals surface area contributed by atoms with Crippen LogP contribution >= 0.6 is 11.6 Å². The lowest BCUT2D eigenvalue weighted by Gasteiger charge is -2.29. The Morgan fingerprint density at radius 3 is 2.63 bits per heavy atom. The maximum absolute atomic E-state index is 11.4. The monoisotopic (exact) mass is 492 g/mol. The second-order valence-electron chi connectivity index (χ2n) is 9.62. The van der Waals surface area contributed by atoms with Crippen molar-refractivity contribution < 1.29 is 9.53 Å². The van der Waals surface area contributed by atoms with Crippen molar-refractivity contribution in [2.45, 2.75) is 51.1 Å². The van der Waals surface area contributed by atoms with Gasteiger partial charge < -0.3 is 4.74 Å². The summed E-state index contributed by atoms with van der Waals surface area (Å²) < 4.78 is 4.79. The van der Waals surface area contributed by atoms with Crippen molar-refractivity contribution in [2.75, 3.05) is 33.3 Å². The van der Waals surface area contributed by atoms with Gasteiger partial charge >= 0.3 is 5.97 Å². The van der Waals surface area contributed by atoms with Gasteiger partial charge in [0.2, 0.25) is 0 Å². The average Bonchev–Trinajstić information content (AvgIpc) is 3.35. The lowest BCUT2D eigenvalue weighted by molar-refractivity contribution is -0.140. The van der Waals surface area contributed by atoms with Gasteiger partial charge in [-0.2, -0.15) is 0 Å². The highest BCUT2D eigenvalue weighted by molar-refractivity contribution is 6.30. The van der Waals surface area contributed by atoms with Crippen LogP contribution in [0.25, 0.3) is 10.8 Å². The SMILES string of the molecule is COC(=O)CCCCCN(CCc1cccc2ccccc12)C1CCN(Cc2ccc(Cl)cc2)C1. The maximum Gasteiger partial charge on any atom is 0.305 e. The molecule has 5 heteroatoms. The average molecular weight is 493 g/mol. The van der Waals surface area contributed by atoms with E-state index < -0.39 is 0 Å². The highest BCUT2D eigenvalue weighted by atomic mass is 35.5. The number of methoxy groups -OCH3 is 1. The van der Waals surface area contributed by atoms with Crippen LogP contribution < -0.4 is 0 Å². The lowest BCUT2D eigenvalue weighted by atomic mass is 10.0. The fourth-order valence-electron chi connectivity index (χ4n) is 5.22. The van der Waals surface area contributed by atoms with Gasteiger partial charge in [-0.15, -0.1) is 0 Å². The van der Waals surface area contributed by atoms with Crippen LogP contribution in [0.2, 0.25) is 5.02 Å². The Labute approximate surface area is 214 Å². The Hall–Kier alpha value is -2.40. The minimum absolute atomic E-state index is 0.105. The highest BCUT2D eigenvalue weighted by Crippen LogP contribution is 2.23. The van der Waals surface area contributed by atoms with E-state index in [0.29, 0.717) is 12.5 Å². The van der Waals surface area contributed by atoms with Crippen molar-refractivity contribution in [1.29, 1.82) is 0 Å². The van der Waals surface area contributed by atoms with E-state index >= 15 is 0 Å². The molecule has 1 unspecified atom stereocenters. The summed E-state index contributed by atoms with van der Waals surface area (Å²) in [4.78, 5) is 16.7. The van der Waals surface area contributed by atoms with E-state index in [1.54, 1.807) is 0 Å². The number of likely N-dealkylation sites (tertiary alicyclic amines) is 1. The normalized spacial score (nSPS) is 16.3. The zero-order valence-corrected chi connectivity index (χ0v) is 21.6. The predicted molar refractivity (Wildman–Crippen MR) is 145 cm³/mol. The van der Waals surface area contributed by atoms with E-state index in [1.165, 1.54) is 35.4 Å². The van der Waals surface area contributed by atoms with Gasteiger partial charge in [-0.1, -0.05) is 72.6 Å². The molecule has 1 heterocycles. The summed E-state index contributed by atoms with van der Waals surface area (Å²) in [6.07, 6.45) is 5.84. The van der Waals surface area contributed by atoms with Crippen LogP contribution in [-0.2, 0) is 22.5 Å². The van der Waals surface area contributed by atoms with Crippen molar-refractivity contribution in [3.63, 3.8) is 0 Å². The second-order valence-corrected chi connectivity index (χ2v) is 10.1. The molecule has 3 aromatic carbocycles. The summed E-state index contributed by atoms with van der Waals surface area (Å²) in [5.41, 5.74) is 2.75. The summed E-state index contributed by atoms with van der Waals surface area (Å²) in [5, 5.41) is 3.47. The molecule has 1 aliphatic rings. The number of benzene rings is 3. The number of hydrogen-bond donors (Lipinski definition) is 0. The van der Waals surface area contributed by atoms with Gasteiger partial charge in [0.05, 0.1) is 7.11 Å². The van der Waals surface area contributed by atoms with Crippen LogP contribution in [-0.4, -0.2) is 55.1 Å². The van der Waals surface area contributed by atoms with Crippen LogP contribution in [0.1, 0.15) is 43.2 Å². The Balaban J connectivity index is 1.36. The number of carbonyl (C=O) groups is 1. The quantitative estimate of drug-likeness (QED) is 0.218. The number of fused-ring (bicyclic) bond motifs is 1. The molecule has 1 atom stereocenters. The Kier molecular flexibility index (Phi) is 9.58. The third-order valence-electron chi connectivity index (χ3n) is 7.19. The number of carbonyl (C=O) groups excluding carboxylic acids is 1. The third kappa shape index (κ3) is 7.54. The van der Waals surface area contributed by atoms with E-state index in [2.05, 4.69) is 64.4 Å². The van der Waals surface area contributed by atoms with Gasteiger partial charge in [0.25, 0.3) is 0 Å². The van der Waals surface area contributed by atoms with Crippen molar-refractivity contribution >= 4 is 28.3 Å². The van der Waals surface area contributed by atoms with E-state index in [9.17, 15) is 4.79 Å². The molecular formula is C30H37ClN2O2. The van der Waals surface area contributed by atoms with E-state index in [-0.39, 0.29) is 5.97 Å². The molecule has 1 saturated heterocycles. The number of halogens is 1. The van der Waals surface area contributed by atoms with Crippen LogP contribution in [0.15, 0.2) is 66.7 Å². The lowest BCUT2D eigenvalue weighted by Crippen LogP contribution is -2.39. The first-order chi connectivity index (χ1) is 17.1. The largest absolute Gasteiger partial charge is 0.469 e. The summed E-state index contributed by atoms with van der Waals surface area (Å²) in [7, 11) is 1.47. The first-order valence-electron chi connectivity index (χ1n) is 12.9. The minimum atomic E-state index is -0.105. The van der Waals surface area contributed by atoms with Crippen molar-refractivity contribution in [3.05, 3.63) is 82.9 Å². The van der Waals surface area contributed by atoms with Gasteiger partial charge in [-0.3, -0.25) is 14.6 Å². The number of hydrogen-bond acceptors (Lipinski definition) is 4. The molecule has 1 fully saturated rings. The number of nitrogens with zero attached hydrogens (tertiary/aromatic N) is 2. The molecule has 4 rings (SSSR count). The van der Waals surface area contributed by atoms with Gasteiger partial charge in [0.15, 0.2) is 0 Å². The summed E-state index contributed by atoms with van der Waals surface area (Å²) in [6, 6.07) is 24.1. The molecule has 0 spiro atoms. The molecular weight excluding hydrogens is 456 g/mol. The second kappa shape index (κ2) is 13.1. The maximum atomic E-state index is 11.4. The molecule has 0 radical (unpaired) electrons. The Morgan fingerprint density at radius 2 is 1.80 bits per heavy atom. The fourth-order valence-corrected chi connectivity index (χ4v) is 5.34. The fraction of sp³-hybridized carbons (Fsp3) is 0.433. The zero-order valence-electron chi connectivity index (χ0n) is 20.8. The van der Waals surface area contributed by atoms with Gasteiger partial charge in [-0.05, 0) is 66.3 Å². The summed E-state index contributed by atoms with van der Waals surface area (Å²) in [6.45, 7) is 5.33. The number of ether oxygens (including phenoxy) is 1. The smallest absolute Gasteiger partial charge is 0.305 e. The van der Waals surface area contributed by atoms with Crippen LogP contribution in [0, 0.1) is 0 Å². The zero-order chi connectivity index (χ0) is 24.5. The third-order valence-corrected chi connectivity index (χ3v) is 7.44. The molecule has 0 N–H and O–H groups in total. The molecule has 35 heavy (non-hydrogen) atoms. The van der Waals surface area contributed by atoms with Crippen molar-refractivity contribution in [1.82, 2.24) is 9.80 Å². The van der Waals surface area contributed by atoms with Crippen molar-refractivity contribution in [2.24, 2.45) is 0 Å². The van der Waals surface area contributed by atoms with E-state index in [1.807, 2.05) is 12.1 Å². The molecule has 3 aromatic rings. The standard InChI is InChI=1S/C30H37ClN2O2/c1-35-30(34)12-3-2-6-19-33(21-17-26-10-7-9-25-8-4-5-11-29(25)26)28-18-20-32(23-28)22-24-13-15-27(31)16-14-24/h4-5,7-11,13-16,28H,2-3,6,12,17-23H2,1H3. The predicted octanol–water partition coefficient (Wildman–Crippen LogP) is 6.35. The van der Waals surface area contributed by atoms with E-state index in [4.69, 9.17) is 16.3 Å². The van der Waals surface area contributed by atoms with Crippen molar-refractivity contribution in [3.8, 4) is 0 Å². The summed E-state index contributed by atoms with van der Waals surface area (Å²) in [5.74, 6) is -0.105. The van der Waals surface area contributed by atoms with Crippen LogP contribution in [0.5, 0.6) is 0 Å². The number of unbranched alkanes of at least 4 members (excludes halogenated alkanes) is 2. The summed E-state index contributed by atoms with van der Waals surface area (Å²) >= 11 is 6.07. The first-order valence-corrected chi connectivity index (χ1v) is 13.2. The minimum Gasteiger partial charge on any atom is -0.469 e. The molecule has 0 saturated carbocycles. The molecule has 1 aliphatic heterocycles. The molecule has 0 aromatic heterocycles. The molecule has 0 aliphatic carbocycles. The van der Waals surface area contributed by atoms with Crippen LogP contribution in [0.4, 0.5) is 0 Å². The Bertz CT molecular complexity index is 1080. The topological polar surface area (TPSA) is 32.8 Å². The number of rotatable bonds is 12. The van der Waals surface area contributed by atoms with Crippen LogP contribution in [0.3, 0.4) is 0 Å². The molecule has 0 bridgehead atoms. The molecule has 0 amide bonds. The molecule has 4 nitrogen and oxygen atoms in total. The van der Waals surface area contributed by atoms with E-state index in [0.717, 1.165) is 63.4 Å². The Morgan fingerprint density at radius 1 is 1.00 bits per heavy atom. The number of esters is 1. The first kappa shape index (κ1) is 25.7. The van der Waals surface area contributed by atoms with Gasteiger partial charge in [-0.25, -0.2) is 0 Å². The highest BCUT2D eigenvalue weighted by Gasteiger charge is 2.27. The van der Waals surface area contributed by atoms with Gasteiger partial charge in [0, 0.05) is 43.7 Å². The molecule has 186 valence electrons. The van der Waals surface area contributed by atoms with Gasteiger partial charge in [0.1, 0.15) is 0 Å².